The zero-order valence-electron chi connectivity index (χ0n) is 6.68. The third kappa shape index (κ3) is 4.13. The summed E-state index contributed by atoms with van der Waals surface area (Å²) in [5.41, 5.74) is 0. The maximum Gasteiger partial charge on any atom is 0.222 e. The highest BCUT2D eigenvalue weighted by Gasteiger charge is 2.03. The quantitative estimate of drug-likeness (QED) is 0.464. The lowest BCUT2D eigenvalue weighted by Gasteiger charge is -2.04. The van der Waals surface area contributed by atoms with Gasteiger partial charge in [-0.05, 0) is 6.42 Å². The van der Waals surface area contributed by atoms with Crippen molar-refractivity contribution >= 4 is 5.91 Å². The number of carbonyl (C=O) groups is 1. The number of rotatable bonds is 4. The van der Waals surface area contributed by atoms with Crippen LogP contribution in [0.5, 0.6) is 0 Å². The molecule has 0 atom stereocenters. The SMILES string of the molecule is C=CCCNC(=O)C(C)C. The number of hydrogen-bond acceptors (Lipinski definition) is 1. The van der Waals surface area contributed by atoms with Crippen molar-refractivity contribution in [3.63, 3.8) is 0 Å². The molecule has 0 bridgehead atoms. The molecule has 1 N–H and O–H groups in total. The molecule has 0 aliphatic rings. The van der Waals surface area contributed by atoms with Gasteiger partial charge in [0.05, 0.1) is 0 Å². The Bertz CT molecular complexity index is 118. The lowest BCUT2D eigenvalue weighted by atomic mass is 10.2. The molecule has 0 aromatic carbocycles. The molecular formula is C8H15NO. The van der Waals surface area contributed by atoms with E-state index in [1.165, 1.54) is 0 Å². The van der Waals surface area contributed by atoms with Gasteiger partial charge in [-0.25, -0.2) is 0 Å². The van der Waals surface area contributed by atoms with Crippen LogP contribution in [0.3, 0.4) is 0 Å². The predicted molar refractivity (Wildman–Crippen MR) is 42.7 cm³/mol. The van der Waals surface area contributed by atoms with Crippen LogP contribution in [0, 0.1) is 5.92 Å². The van der Waals surface area contributed by atoms with Gasteiger partial charge in [0, 0.05) is 12.5 Å². The van der Waals surface area contributed by atoms with Gasteiger partial charge in [0.15, 0.2) is 0 Å². The van der Waals surface area contributed by atoms with Crippen molar-refractivity contribution in [1.29, 1.82) is 0 Å². The fraction of sp³-hybridized carbons (Fsp3) is 0.625. The van der Waals surface area contributed by atoms with Crippen molar-refractivity contribution in [3.8, 4) is 0 Å². The van der Waals surface area contributed by atoms with E-state index >= 15 is 0 Å². The molecule has 10 heavy (non-hydrogen) atoms. The van der Waals surface area contributed by atoms with E-state index in [1.54, 1.807) is 6.08 Å². The molecule has 0 heterocycles. The highest BCUT2D eigenvalue weighted by atomic mass is 16.1. The first kappa shape index (κ1) is 9.21. The highest BCUT2D eigenvalue weighted by Crippen LogP contribution is 1.89. The van der Waals surface area contributed by atoms with Gasteiger partial charge in [0.25, 0.3) is 0 Å². The van der Waals surface area contributed by atoms with Crippen LogP contribution in [-0.4, -0.2) is 12.5 Å². The molecule has 0 saturated carbocycles. The Morgan fingerprint density at radius 3 is 2.70 bits per heavy atom. The molecule has 2 heteroatoms. The Hall–Kier alpha value is -0.790. The Kier molecular flexibility index (Phi) is 4.63. The van der Waals surface area contributed by atoms with Crippen LogP contribution in [0.4, 0.5) is 0 Å². The molecule has 0 spiro atoms. The maximum atomic E-state index is 10.9. The molecule has 1 amide bonds. The topological polar surface area (TPSA) is 29.1 Å². The van der Waals surface area contributed by atoms with Crippen LogP contribution in [0.1, 0.15) is 20.3 Å². The second kappa shape index (κ2) is 5.03. The summed E-state index contributed by atoms with van der Waals surface area (Å²) >= 11 is 0. The Balaban J connectivity index is 3.30. The van der Waals surface area contributed by atoms with E-state index in [9.17, 15) is 4.79 Å². The minimum atomic E-state index is 0.0878. The van der Waals surface area contributed by atoms with Crippen molar-refractivity contribution in [2.45, 2.75) is 20.3 Å². The van der Waals surface area contributed by atoms with E-state index in [2.05, 4.69) is 11.9 Å². The fourth-order valence-corrected chi connectivity index (χ4v) is 0.502. The minimum Gasteiger partial charge on any atom is -0.356 e. The van der Waals surface area contributed by atoms with Gasteiger partial charge in [0.2, 0.25) is 5.91 Å². The number of amides is 1. The maximum absolute atomic E-state index is 10.9. The monoisotopic (exact) mass is 141 g/mol. The molecule has 2 nitrogen and oxygen atoms in total. The molecule has 0 saturated heterocycles. The van der Waals surface area contributed by atoms with Crippen molar-refractivity contribution in [3.05, 3.63) is 12.7 Å². The van der Waals surface area contributed by atoms with Crippen LogP contribution < -0.4 is 5.32 Å². The second-order valence-electron chi connectivity index (χ2n) is 2.52. The van der Waals surface area contributed by atoms with E-state index in [-0.39, 0.29) is 11.8 Å². The molecule has 0 aliphatic heterocycles. The second-order valence-corrected chi connectivity index (χ2v) is 2.52. The fourth-order valence-electron chi connectivity index (χ4n) is 0.502. The molecule has 0 radical (unpaired) electrons. The first-order valence-electron chi connectivity index (χ1n) is 3.57. The summed E-state index contributed by atoms with van der Waals surface area (Å²) in [5, 5.41) is 2.77. The Morgan fingerprint density at radius 1 is 1.70 bits per heavy atom. The van der Waals surface area contributed by atoms with Crippen molar-refractivity contribution in [2.75, 3.05) is 6.54 Å². The third-order valence-corrected chi connectivity index (χ3v) is 1.17. The Morgan fingerprint density at radius 2 is 2.30 bits per heavy atom. The van der Waals surface area contributed by atoms with Crippen LogP contribution in [-0.2, 0) is 4.79 Å². The van der Waals surface area contributed by atoms with E-state index in [0.29, 0.717) is 6.54 Å². The lowest BCUT2D eigenvalue weighted by Crippen LogP contribution is -2.28. The first-order valence-corrected chi connectivity index (χ1v) is 3.57. The standard InChI is InChI=1S/C8H15NO/c1-4-5-6-9-8(10)7(2)3/h4,7H,1,5-6H2,2-3H3,(H,9,10). The van der Waals surface area contributed by atoms with Gasteiger partial charge < -0.3 is 5.32 Å². The van der Waals surface area contributed by atoms with Crippen molar-refractivity contribution in [2.24, 2.45) is 5.92 Å². The molecule has 0 rings (SSSR count). The molecule has 0 aliphatic carbocycles. The van der Waals surface area contributed by atoms with Crippen molar-refractivity contribution in [1.82, 2.24) is 5.32 Å². The summed E-state index contributed by atoms with van der Waals surface area (Å²) in [6.45, 7) is 8.02. The highest BCUT2D eigenvalue weighted by molar-refractivity contribution is 5.77. The van der Waals surface area contributed by atoms with Crippen LogP contribution in [0.2, 0.25) is 0 Å². The average molecular weight is 141 g/mol. The zero-order valence-corrected chi connectivity index (χ0v) is 6.68. The summed E-state index contributed by atoms with van der Waals surface area (Å²) in [5.74, 6) is 0.201. The van der Waals surface area contributed by atoms with Crippen LogP contribution in [0.25, 0.3) is 0 Å². The number of carbonyl (C=O) groups excluding carboxylic acids is 1. The smallest absolute Gasteiger partial charge is 0.222 e. The third-order valence-electron chi connectivity index (χ3n) is 1.17. The van der Waals surface area contributed by atoms with E-state index < -0.39 is 0 Å². The summed E-state index contributed by atoms with van der Waals surface area (Å²) < 4.78 is 0. The van der Waals surface area contributed by atoms with Gasteiger partial charge in [-0.1, -0.05) is 19.9 Å². The van der Waals surface area contributed by atoms with Gasteiger partial charge in [-0.2, -0.15) is 0 Å². The van der Waals surface area contributed by atoms with Crippen LogP contribution >= 0.6 is 0 Å². The van der Waals surface area contributed by atoms with E-state index in [1.807, 2.05) is 13.8 Å². The molecule has 0 unspecified atom stereocenters. The van der Waals surface area contributed by atoms with Gasteiger partial charge >= 0.3 is 0 Å². The summed E-state index contributed by atoms with van der Waals surface area (Å²) in [6.07, 6.45) is 2.64. The molecule has 0 fully saturated rings. The molecule has 0 aromatic rings. The van der Waals surface area contributed by atoms with Gasteiger partial charge in [0.1, 0.15) is 0 Å². The van der Waals surface area contributed by atoms with Gasteiger partial charge in [-0.15, -0.1) is 6.58 Å². The summed E-state index contributed by atoms with van der Waals surface area (Å²) in [7, 11) is 0. The lowest BCUT2D eigenvalue weighted by molar-refractivity contribution is -0.123. The first-order chi connectivity index (χ1) is 4.68. The predicted octanol–water partition coefficient (Wildman–Crippen LogP) is 1.33. The molecular weight excluding hydrogens is 126 g/mol. The van der Waals surface area contributed by atoms with Gasteiger partial charge in [-0.3, -0.25) is 4.79 Å². The zero-order chi connectivity index (χ0) is 7.98. The normalized spacial score (nSPS) is 9.50. The summed E-state index contributed by atoms with van der Waals surface area (Å²) in [4.78, 5) is 10.9. The van der Waals surface area contributed by atoms with E-state index in [0.717, 1.165) is 6.42 Å². The summed E-state index contributed by atoms with van der Waals surface area (Å²) in [6, 6.07) is 0. The van der Waals surface area contributed by atoms with Crippen LogP contribution in [0.15, 0.2) is 12.7 Å². The molecule has 0 aromatic heterocycles. The van der Waals surface area contributed by atoms with E-state index in [4.69, 9.17) is 0 Å². The number of nitrogens with one attached hydrogen (secondary N) is 1. The number of hydrogen-bond donors (Lipinski definition) is 1. The average Bonchev–Trinajstić information content (AvgIpc) is 1.88. The largest absolute Gasteiger partial charge is 0.356 e. The molecule has 58 valence electrons. The van der Waals surface area contributed by atoms with Crippen molar-refractivity contribution < 1.29 is 4.79 Å². The minimum absolute atomic E-state index is 0.0878. The Labute approximate surface area is 62.3 Å².